The van der Waals surface area contributed by atoms with Crippen LogP contribution < -0.4 is 15.4 Å². The van der Waals surface area contributed by atoms with Crippen LogP contribution in [-0.2, 0) is 4.79 Å². The van der Waals surface area contributed by atoms with Gasteiger partial charge in [0.1, 0.15) is 18.1 Å². The number of urea groups is 1. The number of nitrogens with one attached hydrogen (secondary N) is 2. The molecule has 0 saturated heterocycles. The molecule has 2 aromatic rings. The zero-order valence-corrected chi connectivity index (χ0v) is 16.7. The molecule has 1 aromatic heterocycles. The summed E-state index contributed by atoms with van der Waals surface area (Å²) < 4.78 is 10.2. The number of amides is 3. The minimum atomic E-state index is -0.354. The fraction of sp³-hybridized carbons (Fsp3) is 0.450. The summed E-state index contributed by atoms with van der Waals surface area (Å²) >= 11 is 0. The van der Waals surface area contributed by atoms with E-state index in [1.54, 1.807) is 32.2 Å². The monoisotopic (exact) mass is 388 g/mol. The van der Waals surface area contributed by atoms with E-state index >= 15 is 0 Å². The van der Waals surface area contributed by atoms with E-state index in [2.05, 4.69) is 22.7 Å². The van der Waals surface area contributed by atoms with Crippen LogP contribution in [0.3, 0.4) is 0 Å². The molecule has 0 aliphatic rings. The van der Waals surface area contributed by atoms with Gasteiger partial charge in [0, 0.05) is 12.6 Å². The second-order valence-corrected chi connectivity index (χ2v) is 6.48. The number of methoxy groups -OCH3 is 1. The van der Waals surface area contributed by atoms with Gasteiger partial charge in [0.05, 0.1) is 12.8 Å². The van der Waals surface area contributed by atoms with Gasteiger partial charge in [-0.3, -0.25) is 4.79 Å². The van der Waals surface area contributed by atoms with Gasteiger partial charge in [-0.1, -0.05) is 43.5 Å². The summed E-state index contributed by atoms with van der Waals surface area (Å²) in [5.41, 5.74) is 0.557. The van der Waals surface area contributed by atoms with Gasteiger partial charge in [-0.15, -0.1) is 0 Å². The summed E-state index contributed by atoms with van der Waals surface area (Å²) in [4.78, 5) is 26.6. The van der Waals surface area contributed by atoms with Crippen molar-refractivity contribution in [2.75, 3.05) is 30.8 Å². The normalized spacial score (nSPS) is 10.4. The molecule has 0 saturated carbocycles. The maximum atomic E-state index is 12.8. The summed E-state index contributed by atoms with van der Waals surface area (Å²) in [6, 6.07) is 8.42. The molecule has 0 spiro atoms. The van der Waals surface area contributed by atoms with Gasteiger partial charge in [0.15, 0.2) is 5.82 Å². The molecule has 0 aliphatic heterocycles. The number of unbranched alkanes of at least 4 members (excludes halogenated alkanes) is 3. The van der Waals surface area contributed by atoms with E-state index in [0.29, 0.717) is 29.6 Å². The van der Waals surface area contributed by atoms with Gasteiger partial charge in [-0.05, 0) is 25.5 Å². The molecule has 1 heterocycles. The predicted octanol–water partition coefficient (Wildman–Crippen LogP) is 4.04. The number of carbonyl (C=O) groups is 2. The van der Waals surface area contributed by atoms with Crippen molar-refractivity contribution in [3.8, 4) is 5.75 Å². The number of benzene rings is 1. The van der Waals surface area contributed by atoms with Crippen LogP contribution in [0.15, 0.2) is 34.9 Å². The van der Waals surface area contributed by atoms with Crippen molar-refractivity contribution in [1.82, 2.24) is 10.1 Å². The van der Waals surface area contributed by atoms with Crippen molar-refractivity contribution in [2.24, 2.45) is 0 Å². The third kappa shape index (κ3) is 6.61. The molecule has 0 radical (unpaired) electrons. The van der Waals surface area contributed by atoms with E-state index in [0.717, 1.165) is 25.7 Å². The molecule has 0 unspecified atom stereocenters. The van der Waals surface area contributed by atoms with Crippen molar-refractivity contribution < 1.29 is 18.8 Å². The number of aromatic nitrogens is 1. The lowest BCUT2D eigenvalue weighted by atomic mass is 10.2. The summed E-state index contributed by atoms with van der Waals surface area (Å²) in [6.07, 6.45) is 4.01. The topological polar surface area (TPSA) is 96.7 Å². The number of hydrogen-bond acceptors (Lipinski definition) is 5. The molecule has 8 nitrogen and oxygen atoms in total. The highest BCUT2D eigenvalue weighted by Crippen LogP contribution is 2.23. The summed E-state index contributed by atoms with van der Waals surface area (Å²) in [5.74, 6) is 1.16. The Bertz CT molecular complexity index is 775. The average Bonchev–Trinajstić information content (AvgIpc) is 3.09. The Hall–Kier alpha value is -3.03. The summed E-state index contributed by atoms with van der Waals surface area (Å²) in [6.45, 7) is 4.26. The van der Waals surface area contributed by atoms with E-state index in [1.807, 2.05) is 12.1 Å². The fourth-order valence-electron chi connectivity index (χ4n) is 2.71. The number of anilines is 2. The van der Waals surface area contributed by atoms with Crippen LogP contribution in [-0.4, -0.2) is 42.2 Å². The largest absolute Gasteiger partial charge is 0.495 e. The minimum Gasteiger partial charge on any atom is -0.495 e. The highest BCUT2D eigenvalue weighted by Gasteiger charge is 2.19. The van der Waals surface area contributed by atoms with Crippen LogP contribution in [0.4, 0.5) is 16.3 Å². The van der Waals surface area contributed by atoms with E-state index < -0.39 is 0 Å². The Morgan fingerprint density at radius 1 is 1.18 bits per heavy atom. The quantitative estimate of drug-likeness (QED) is 0.599. The molecule has 152 valence electrons. The lowest BCUT2D eigenvalue weighted by Crippen LogP contribution is -2.41. The fourth-order valence-corrected chi connectivity index (χ4v) is 2.71. The number of nitrogens with zero attached hydrogens (tertiary/aromatic N) is 2. The molecule has 0 fully saturated rings. The van der Waals surface area contributed by atoms with Crippen LogP contribution in [0, 0.1) is 6.92 Å². The first kappa shape index (κ1) is 21.3. The Balaban J connectivity index is 2.02. The summed E-state index contributed by atoms with van der Waals surface area (Å²) in [7, 11) is 1.54. The van der Waals surface area contributed by atoms with Crippen molar-refractivity contribution in [2.45, 2.75) is 39.5 Å². The first-order valence-corrected chi connectivity index (χ1v) is 9.45. The molecule has 1 aromatic carbocycles. The molecule has 2 rings (SSSR count). The smallest absolute Gasteiger partial charge is 0.322 e. The van der Waals surface area contributed by atoms with E-state index in [4.69, 9.17) is 9.26 Å². The number of aryl methyl sites for hydroxylation is 1. The van der Waals surface area contributed by atoms with Crippen molar-refractivity contribution in [3.63, 3.8) is 0 Å². The third-order valence-electron chi connectivity index (χ3n) is 4.15. The Morgan fingerprint density at radius 2 is 1.96 bits per heavy atom. The standard InChI is InChI=1S/C20H28N4O4/c1-4-5-6-9-12-24(14-19(25)22-18-13-15(2)28-23-18)20(26)21-16-10-7-8-11-17(16)27-3/h7-8,10-11,13H,4-6,9,12,14H2,1-3H3,(H,21,26)(H,22,23,25). The lowest BCUT2D eigenvalue weighted by molar-refractivity contribution is -0.116. The van der Waals surface area contributed by atoms with Gasteiger partial charge in [-0.2, -0.15) is 0 Å². The first-order chi connectivity index (χ1) is 13.5. The predicted molar refractivity (Wildman–Crippen MR) is 108 cm³/mol. The second kappa shape index (κ2) is 11.0. The maximum absolute atomic E-state index is 12.8. The highest BCUT2D eigenvalue weighted by atomic mass is 16.5. The molecular formula is C20H28N4O4. The number of para-hydroxylation sites is 2. The number of hydrogen-bond donors (Lipinski definition) is 2. The van der Waals surface area contributed by atoms with Crippen molar-refractivity contribution in [3.05, 3.63) is 36.1 Å². The molecule has 0 bridgehead atoms. The van der Waals surface area contributed by atoms with Crippen LogP contribution in [0.1, 0.15) is 38.4 Å². The zero-order valence-electron chi connectivity index (χ0n) is 16.7. The number of carbonyl (C=O) groups excluding carboxylic acids is 2. The van der Waals surface area contributed by atoms with Crippen molar-refractivity contribution >= 4 is 23.4 Å². The van der Waals surface area contributed by atoms with Gasteiger partial charge < -0.3 is 24.8 Å². The van der Waals surface area contributed by atoms with Crippen LogP contribution in [0.5, 0.6) is 5.75 Å². The van der Waals surface area contributed by atoms with Gasteiger partial charge in [0.2, 0.25) is 5.91 Å². The van der Waals surface area contributed by atoms with Crippen LogP contribution >= 0.6 is 0 Å². The third-order valence-corrected chi connectivity index (χ3v) is 4.15. The van der Waals surface area contributed by atoms with Crippen LogP contribution in [0.25, 0.3) is 0 Å². The van der Waals surface area contributed by atoms with Gasteiger partial charge in [0.25, 0.3) is 0 Å². The van der Waals surface area contributed by atoms with Gasteiger partial charge in [-0.25, -0.2) is 4.79 Å². The number of rotatable bonds is 10. The first-order valence-electron chi connectivity index (χ1n) is 9.45. The SMILES string of the molecule is CCCCCCN(CC(=O)Nc1cc(C)on1)C(=O)Nc1ccccc1OC. The summed E-state index contributed by atoms with van der Waals surface area (Å²) in [5, 5.41) is 9.21. The maximum Gasteiger partial charge on any atom is 0.322 e. The van der Waals surface area contributed by atoms with Gasteiger partial charge >= 0.3 is 6.03 Å². The average molecular weight is 388 g/mol. The van der Waals surface area contributed by atoms with Crippen molar-refractivity contribution in [1.29, 1.82) is 0 Å². The Morgan fingerprint density at radius 3 is 2.64 bits per heavy atom. The highest BCUT2D eigenvalue weighted by molar-refractivity contribution is 5.97. The lowest BCUT2D eigenvalue weighted by Gasteiger charge is -2.23. The zero-order chi connectivity index (χ0) is 20.4. The molecule has 28 heavy (non-hydrogen) atoms. The molecule has 2 N–H and O–H groups in total. The van der Waals surface area contributed by atoms with Crippen LogP contribution in [0.2, 0.25) is 0 Å². The molecule has 0 atom stereocenters. The van der Waals surface area contributed by atoms with E-state index in [-0.39, 0.29) is 18.5 Å². The molecule has 0 aliphatic carbocycles. The molecule has 3 amide bonds. The van der Waals surface area contributed by atoms with E-state index in [9.17, 15) is 9.59 Å². The second-order valence-electron chi connectivity index (χ2n) is 6.48. The molecular weight excluding hydrogens is 360 g/mol. The Kier molecular flexibility index (Phi) is 8.33. The molecule has 8 heteroatoms. The number of ether oxygens (including phenoxy) is 1. The Labute approximate surface area is 165 Å². The minimum absolute atomic E-state index is 0.0843. The van der Waals surface area contributed by atoms with E-state index in [1.165, 1.54) is 4.90 Å².